The van der Waals surface area contributed by atoms with Gasteiger partial charge < -0.3 is 4.74 Å². The molecule has 24 heavy (non-hydrogen) atoms. The Morgan fingerprint density at radius 2 is 1.62 bits per heavy atom. The van der Waals surface area contributed by atoms with Crippen molar-refractivity contribution in [3.63, 3.8) is 0 Å². The molecule has 0 amide bonds. The lowest BCUT2D eigenvalue weighted by atomic mass is 10.0. The summed E-state index contributed by atoms with van der Waals surface area (Å²) in [6.07, 6.45) is 0. The van der Waals surface area contributed by atoms with Gasteiger partial charge in [0.05, 0.1) is 12.8 Å². The van der Waals surface area contributed by atoms with Gasteiger partial charge in [-0.25, -0.2) is 15.4 Å². The Balaban J connectivity index is 1.85. The summed E-state index contributed by atoms with van der Waals surface area (Å²) in [4.78, 5) is 8.65. The largest absolute Gasteiger partial charge is 0.497 e. The highest BCUT2D eigenvalue weighted by Gasteiger charge is 2.03. The van der Waals surface area contributed by atoms with Crippen LogP contribution in [0.25, 0.3) is 10.8 Å². The molecule has 0 aliphatic carbocycles. The summed E-state index contributed by atoms with van der Waals surface area (Å²) in [5.41, 5.74) is 6.68. The van der Waals surface area contributed by atoms with Crippen LogP contribution in [0.5, 0.6) is 5.75 Å². The second-order valence-electron chi connectivity index (χ2n) is 5.71. The molecule has 0 spiro atoms. The number of methoxy groups -OCH3 is 1. The molecular weight excluding hydrogens is 300 g/mol. The SMILES string of the molecule is COc1ccc2cc(/C(C)=N\Nc3nc(C)cc(C)n3)ccc2c1. The summed E-state index contributed by atoms with van der Waals surface area (Å²) in [6.45, 7) is 5.84. The minimum Gasteiger partial charge on any atom is -0.497 e. The lowest BCUT2D eigenvalue weighted by molar-refractivity contribution is 0.415. The third-order valence-corrected chi connectivity index (χ3v) is 3.77. The number of nitrogens with one attached hydrogen (secondary N) is 1. The second-order valence-corrected chi connectivity index (χ2v) is 5.71. The molecule has 0 unspecified atom stereocenters. The minimum atomic E-state index is 0.511. The molecule has 0 radical (unpaired) electrons. The van der Waals surface area contributed by atoms with Crippen molar-refractivity contribution in [2.45, 2.75) is 20.8 Å². The molecule has 1 N–H and O–H groups in total. The quantitative estimate of drug-likeness (QED) is 0.581. The summed E-state index contributed by atoms with van der Waals surface area (Å²) in [5, 5.41) is 6.68. The molecule has 3 aromatic rings. The van der Waals surface area contributed by atoms with E-state index in [4.69, 9.17) is 4.74 Å². The zero-order chi connectivity index (χ0) is 17.1. The summed E-state index contributed by atoms with van der Waals surface area (Å²) < 4.78 is 5.26. The smallest absolute Gasteiger partial charge is 0.243 e. The van der Waals surface area contributed by atoms with Gasteiger partial charge >= 0.3 is 0 Å². The lowest BCUT2D eigenvalue weighted by Gasteiger charge is -2.07. The number of benzene rings is 2. The Morgan fingerprint density at radius 1 is 0.958 bits per heavy atom. The van der Waals surface area contributed by atoms with Crippen molar-refractivity contribution in [2.24, 2.45) is 5.10 Å². The van der Waals surface area contributed by atoms with Gasteiger partial charge in [0.1, 0.15) is 5.75 Å². The van der Waals surface area contributed by atoms with E-state index in [0.717, 1.165) is 39.2 Å². The van der Waals surface area contributed by atoms with Crippen molar-refractivity contribution in [2.75, 3.05) is 12.5 Å². The van der Waals surface area contributed by atoms with Crippen LogP contribution in [0.15, 0.2) is 47.6 Å². The fraction of sp³-hybridized carbons (Fsp3) is 0.211. The highest BCUT2D eigenvalue weighted by atomic mass is 16.5. The van der Waals surface area contributed by atoms with E-state index >= 15 is 0 Å². The number of rotatable bonds is 4. The monoisotopic (exact) mass is 320 g/mol. The molecule has 0 fully saturated rings. The van der Waals surface area contributed by atoms with Crippen LogP contribution in [0.4, 0.5) is 5.95 Å². The molecule has 0 atom stereocenters. The van der Waals surface area contributed by atoms with Crippen LogP contribution >= 0.6 is 0 Å². The first-order valence-corrected chi connectivity index (χ1v) is 7.76. The molecule has 5 nitrogen and oxygen atoms in total. The average molecular weight is 320 g/mol. The molecule has 3 rings (SSSR count). The highest BCUT2D eigenvalue weighted by Crippen LogP contribution is 2.22. The summed E-state index contributed by atoms with van der Waals surface area (Å²) >= 11 is 0. The zero-order valence-corrected chi connectivity index (χ0v) is 14.3. The first-order chi connectivity index (χ1) is 11.5. The van der Waals surface area contributed by atoms with Crippen molar-refractivity contribution < 1.29 is 4.74 Å². The summed E-state index contributed by atoms with van der Waals surface area (Å²) in [6, 6.07) is 14.2. The highest BCUT2D eigenvalue weighted by molar-refractivity contribution is 6.02. The van der Waals surface area contributed by atoms with Crippen LogP contribution in [-0.2, 0) is 0 Å². The van der Waals surface area contributed by atoms with Crippen molar-refractivity contribution in [1.82, 2.24) is 9.97 Å². The fourth-order valence-corrected chi connectivity index (χ4v) is 2.55. The van der Waals surface area contributed by atoms with E-state index in [1.165, 1.54) is 0 Å². The first-order valence-electron chi connectivity index (χ1n) is 7.76. The third kappa shape index (κ3) is 3.51. The van der Waals surface area contributed by atoms with Gasteiger partial charge in [-0.3, -0.25) is 0 Å². The maximum Gasteiger partial charge on any atom is 0.243 e. The molecule has 1 heterocycles. The van der Waals surface area contributed by atoms with E-state index in [9.17, 15) is 0 Å². The molecule has 0 bridgehead atoms. The number of ether oxygens (including phenoxy) is 1. The molecule has 0 saturated heterocycles. The van der Waals surface area contributed by atoms with Gasteiger partial charge in [0.15, 0.2) is 0 Å². The molecular formula is C19H20N4O. The molecule has 0 aliphatic heterocycles. The van der Waals surface area contributed by atoms with E-state index in [1.807, 2.05) is 51.1 Å². The number of hydrogen-bond donors (Lipinski definition) is 1. The normalized spacial score (nSPS) is 11.6. The van der Waals surface area contributed by atoms with Crippen LogP contribution < -0.4 is 10.2 Å². The first kappa shape index (κ1) is 15.9. The molecule has 0 aliphatic rings. The predicted octanol–water partition coefficient (Wildman–Crippen LogP) is 4.09. The number of hydrazone groups is 1. The topological polar surface area (TPSA) is 59.4 Å². The molecule has 2 aromatic carbocycles. The van der Waals surface area contributed by atoms with E-state index in [-0.39, 0.29) is 0 Å². The number of fused-ring (bicyclic) bond motifs is 1. The lowest BCUT2D eigenvalue weighted by Crippen LogP contribution is -2.03. The molecule has 0 saturated carbocycles. The van der Waals surface area contributed by atoms with Crippen molar-refractivity contribution in [1.29, 1.82) is 0 Å². The Morgan fingerprint density at radius 3 is 2.33 bits per heavy atom. The van der Waals surface area contributed by atoms with Gasteiger partial charge in [0.25, 0.3) is 0 Å². The predicted molar refractivity (Wildman–Crippen MR) is 97.8 cm³/mol. The maximum atomic E-state index is 5.26. The van der Waals surface area contributed by atoms with Crippen molar-refractivity contribution in [3.8, 4) is 5.75 Å². The molecule has 5 heteroatoms. The van der Waals surface area contributed by atoms with Crippen LogP contribution in [0.3, 0.4) is 0 Å². The molecule has 1 aromatic heterocycles. The van der Waals surface area contributed by atoms with Crippen LogP contribution in [0.2, 0.25) is 0 Å². The fourth-order valence-electron chi connectivity index (χ4n) is 2.55. The van der Waals surface area contributed by atoms with Gasteiger partial charge in [-0.2, -0.15) is 5.10 Å². The van der Waals surface area contributed by atoms with E-state index in [2.05, 4.69) is 32.6 Å². The summed E-state index contributed by atoms with van der Waals surface area (Å²) in [7, 11) is 1.67. The number of hydrogen-bond acceptors (Lipinski definition) is 5. The van der Waals surface area contributed by atoms with Crippen LogP contribution in [0.1, 0.15) is 23.9 Å². The Hall–Kier alpha value is -2.95. The Labute approximate surface area is 141 Å². The summed E-state index contributed by atoms with van der Waals surface area (Å²) in [5.74, 6) is 1.37. The van der Waals surface area contributed by atoms with Gasteiger partial charge in [-0.15, -0.1) is 0 Å². The van der Waals surface area contributed by atoms with E-state index in [1.54, 1.807) is 7.11 Å². The Bertz CT molecular complexity index is 898. The van der Waals surface area contributed by atoms with E-state index < -0.39 is 0 Å². The van der Waals surface area contributed by atoms with Crippen LogP contribution in [-0.4, -0.2) is 22.8 Å². The van der Waals surface area contributed by atoms with Crippen molar-refractivity contribution >= 4 is 22.4 Å². The number of aryl methyl sites for hydroxylation is 2. The van der Waals surface area contributed by atoms with E-state index in [0.29, 0.717) is 5.95 Å². The van der Waals surface area contributed by atoms with Gasteiger partial charge in [-0.05, 0) is 61.4 Å². The minimum absolute atomic E-state index is 0.511. The molecule has 122 valence electrons. The standard InChI is InChI=1S/C19H20N4O/c1-12-9-13(2)21-19(20-12)23-22-14(3)15-5-6-17-11-18(24-4)8-7-16(17)10-15/h5-11H,1-4H3,(H,20,21,23)/b22-14-. The number of anilines is 1. The van der Waals surface area contributed by atoms with Gasteiger partial charge in [0.2, 0.25) is 5.95 Å². The third-order valence-electron chi connectivity index (χ3n) is 3.77. The zero-order valence-electron chi connectivity index (χ0n) is 14.3. The van der Waals surface area contributed by atoms with Crippen molar-refractivity contribution in [3.05, 3.63) is 59.4 Å². The van der Waals surface area contributed by atoms with Gasteiger partial charge in [-0.1, -0.05) is 18.2 Å². The number of nitrogens with zero attached hydrogens (tertiary/aromatic N) is 3. The average Bonchev–Trinajstić information content (AvgIpc) is 2.58. The maximum absolute atomic E-state index is 5.26. The van der Waals surface area contributed by atoms with Gasteiger partial charge in [0, 0.05) is 11.4 Å². The second kappa shape index (κ2) is 6.66. The number of aromatic nitrogens is 2. The van der Waals surface area contributed by atoms with Crippen LogP contribution in [0, 0.1) is 13.8 Å². The Kier molecular flexibility index (Phi) is 4.42.